The molecule has 0 amide bonds. The molecule has 24 heavy (non-hydrogen) atoms. The fourth-order valence-electron chi connectivity index (χ4n) is 7.03. The molecular weight excluding hydrogens is 320 g/mol. The van der Waals surface area contributed by atoms with Crippen molar-refractivity contribution < 1.29 is 14.6 Å². The zero-order valence-electron chi connectivity index (χ0n) is 15.3. The first-order valence-corrected chi connectivity index (χ1v) is 10.2. The number of aliphatic hydroxyl groups is 1. The molecule has 0 aliphatic heterocycles. The minimum atomic E-state index is -0.479. The first kappa shape index (κ1) is 17.4. The highest BCUT2D eigenvalue weighted by atomic mass is 32.1. The monoisotopic (exact) mass is 352 g/mol. The van der Waals surface area contributed by atoms with E-state index in [1.165, 1.54) is 24.1 Å². The van der Waals surface area contributed by atoms with Crippen molar-refractivity contribution in [1.82, 2.24) is 0 Å². The van der Waals surface area contributed by atoms with E-state index in [1.54, 1.807) is 14.2 Å². The summed E-state index contributed by atoms with van der Waals surface area (Å²) in [5.41, 5.74) is 0.264. The van der Waals surface area contributed by atoms with Gasteiger partial charge in [0.1, 0.15) is 0 Å². The van der Waals surface area contributed by atoms with Gasteiger partial charge >= 0.3 is 0 Å². The van der Waals surface area contributed by atoms with Crippen molar-refractivity contribution in [2.75, 3.05) is 14.2 Å². The van der Waals surface area contributed by atoms with E-state index in [0.29, 0.717) is 23.7 Å². The number of ether oxygens (including phenoxy) is 2. The van der Waals surface area contributed by atoms with Gasteiger partial charge in [-0.05, 0) is 73.0 Å². The molecule has 4 rings (SSSR count). The second-order valence-corrected chi connectivity index (χ2v) is 9.54. The van der Waals surface area contributed by atoms with Gasteiger partial charge in [0.05, 0.1) is 6.10 Å². The predicted octanol–water partition coefficient (Wildman–Crippen LogP) is 3.97. The third-order valence-electron chi connectivity index (χ3n) is 8.46. The minimum Gasteiger partial charge on any atom is -0.393 e. The summed E-state index contributed by atoms with van der Waals surface area (Å²) in [5.74, 6) is 2.62. The normalized spacial score (nSPS) is 50.1. The predicted molar refractivity (Wildman–Crippen MR) is 97.8 cm³/mol. The number of rotatable bonds is 2. The zero-order chi connectivity index (χ0) is 17.1. The molecule has 0 radical (unpaired) electrons. The molecule has 4 aliphatic rings. The molecule has 0 aromatic carbocycles. The second kappa shape index (κ2) is 6.00. The molecule has 4 heteroatoms. The van der Waals surface area contributed by atoms with Gasteiger partial charge in [0.2, 0.25) is 0 Å². The van der Waals surface area contributed by atoms with Gasteiger partial charge in [-0.25, -0.2) is 0 Å². The molecule has 4 aliphatic carbocycles. The number of thiocarbonyl (C=S) groups is 1. The van der Waals surface area contributed by atoms with Crippen LogP contribution < -0.4 is 0 Å². The van der Waals surface area contributed by atoms with Gasteiger partial charge < -0.3 is 14.6 Å². The number of methoxy groups -OCH3 is 2. The summed E-state index contributed by atoms with van der Waals surface area (Å²) in [6.45, 7) is 2.41. The number of hydrogen-bond acceptors (Lipinski definition) is 4. The molecule has 4 fully saturated rings. The highest BCUT2D eigenvalue weighted by Crippen LogP contribution is 2.62. The third-order valence-corrected chi connectivity index (χ3v) is 9.13. The topological polar surface area (TPSA) is 38.7 Å². The summed E-state index contributed by atoms with van der Waals surface area (Å²) in [5, 5.41) is 11.0. The van der Waals surface area contributed by atoms with Crippen molar-refractivity contribution in [3.63, 3.8) is 0 Å². The molecule has 0 heterocycles. The lowest BCUT2D eigenvalue weighted by molar-refractivity contribution is -0.256. The maximum absolute atomic E-state index is 11.0. The highest BCUT2D eigenvalue weighted by molar-refractivity contribution is 7.80. The Bertz CT molecular complexity index is 517. The molecule has 0 aromatic rings. The molecule has 0 unspecified atom stereocenters. The zero-order valence-corrected chi connectivity index (χ0v) is 16.1. The molecule has 7 atom stereocenters. The minimum absolute atomic E-state index is 0.210. The lowest BCUT2D eigenvalue weighted by Crippen LogP contribution is -2.55. The van der Waals surface area contributed by atoms with E-state index in [1.807, 2.05) is 0 Å². The van der Waals surface area contributed by atoms with Gasteiger partial charge in [-0.1, -0.05) is 19.1 Å². The summed E-state index contributed by atoms with van der Waals surface area (Å²) in [7, 11) is 3.49. The Hall–Kier alpha value is -0.0300. The molecular formula is C20H32O3S. The molecule has 0 saturated heterocycles. The van der Waals surface area contributed by atoms with E-state index >= 15 is 0 Å². The van der Waals surface area contributed by atoms with Crippen molar-refractivity contribution in [1.29, 1.82) is 0 Å². The Morgan fingerprint density at radius 3 is 2.38 bits per heavy atom. The van der Waals surface area contributed by atoms with E-state index < -0.39 is 5.79 Å². The molecule has 1 N–H and O–H groups in total. The highest BCUT2D eigenvalue weighted by Gasteiger charge is 2.58. The van der Waals surface area contributed by atoms with Crippen LogP contribution in [0, 0.1) is 35.0 Å². The second-order valence-electron chi connectivity index (χ2n) is 9.04. The Morgan fingerprint density at radius 2 is 1.67 bits per heavy atom. The van der Waals surface area contributed by atoms with E-state index in [0.717, 1.165) is 38.0 Å². The fraction of sp³-hybridized carbons (Fsp3) is 0.950. The Kier molecular flexibility index (Phi) is 4.35. The van der Waals surface area contributed by atoms with E-state index in [-0.39, 0.29) is 11.5 Å². The third kappa shape index (κ3) is 2.36. The first-order chi connectivity index (χ1) is 11.4. The van der Waals surface area contributed by atoms with Crippen molar-refractivity contribution in [3.8, 4) is 0 Å². The van der Waals surface area contributed by atoms with Crippen LogP contribution in [0.2, 0.25) is 0 Å². The average Bonchev–Trinajstić information content (AvgIpc) is 2.90. The van der Waals surface area contributed by atoms with Crippen LogP contribution in [0.5, 0.6) is 0 Å². The van der Waals surface area contributed by atoms with Crippen LogP contribution >= 0.6 is 12.2 Å². The van der Waals surface area contributed by atoms with Crippen molar-refractivity contribution in [3.05, 3.63) is 0 Å². The molecule has 136 valence electrons. The van der Waals surface area contributed by atoms with Crippen LogP contribution in [0.3, 0.4) is 0 Å². The van der Waals surface area contributed by atoms with Crippen LogP contribution in [0.4, 0.5) is 0 Å². The molecule has 3 nitrogen and oxygen atoms in total. The maximum Gasteiger partial charge on any atom is 0.167 e. The van der Waals surface area contributed by atoms with Gasteiger partial charge in [0.25, 0.3) is 0 Å². The van der Waals surface area contributed by atoms with Crippen molar-refractivity contribution in [2.45, 2.75) is 70.2 Å². The quantitative estimate of drug-likeness (QED) is 0.603. The van der Waals surface area contributed by atoms with Crippen LogP contribution in [0.1, 0.15) is 58.3 Å². The summed E-state index contributed by atoms with van der Waals surface area (Å²) >= 11 is 5.73. The van der Waals surface area contributed by atoms with Gasteiger partial charge in [0, 0.05) is 32.5 Å². The van der Waals surface area contributed by atoms with Gasteiger partial charge in [-0.3, -0.25) is 0 Å². The molecule has 4 saturated carbocycles. The Balaban J connectivity index is 1.58. The largest absolute Gasteiger partial charge is 0.393 e. The van der Waals surface area contributed by atoms with Crippen LogP contribution in [-0.2, 0) is 9.47 Å². The fourth-order valence-corrected chi connectivity index (χ4v) is 7.40. The number of aliphatic hydroxyl groups excluding tert-OH is 1. The van der Waals surface area contributed by atoms with Crippen LogP contribution in [-0.4, -0.2) is 36.1 Å². The number of hydrogen-bond donors (Lipinski definition) is 1. The van der Waals surface area contributed by atoms with E-state index in [2.05, 4.69) is 6.92 Å². The van der Waals surface area contributed by atoms with Crippen LogP contribution in [0.15, 0.2) is 0 Å². The molecule has 0 aromatic heterocycles. The lowest BCUT2D eigenvalue weighted by atomic mass is 9.50. The summed E-state index contributed by atoms with van der Waals surface area (Å²) in [6.07, 6.45) is 8.60. The Labute approximate surface area is 151 Å². The van der Waals surface area contributed by atoms with Crippen molar-refractivity contribution in [2.24, 2.45) is 35.0 Å². The summed E-state index contributed by atoms with van der Waals surface area (Å²) < 4.78 is 11.4. The Morgan fingerprint density at radius 1 is 1.00 bits per heavy atom. The molecule has 0 spiro atoms. The van der Waals surface area contributed by atoms with Gasteiger partial charge in [-0.2, -0.15) is 0 Å². The van der Waals surface area contributed by atoms with Crippen molar-refractivity contribution >= 4 is 17.1 Å². The average molecular weight is 353 g/mol. The van der Waals surface area contributed by atoms with Gasteiger partial charge in [-0.15, -0.1) is 0 Å². The summed E-state index contributed by atoms with van der Waals surface area (Å²) in [6, 6.07) is 0. The first-order valence-electron chi connectivity index (χ1n) is 9.76. The lowest BCUT2D eigenvalue weighted by Gasteiger charge is -2.57. The summed E-state index contributed by atoms with van der Waals surface area (Å²) in [4.78, 5) is 1.31. The van der Waals surface area contributed by atoms with Gasteiger partial charge in [0.15, 0.2) is 5.79 Å². The molecule has 0 bridgehead atoms. The SMILES string of the molecule is COC1(OC)CC[C@@H]2[C@H]3CC[C@]4(C)C(=S)CC[C@H]4[C@@H]3C[C@@H](O)[C@@H]2C1. The van der Waals surface area contributed by atoms with E-state index in [9.17, 15) is 5.11 Å². The standard InChI is InChI=1S/C20H32O3S/c1-19-8-6-12-13-7-9-20(22-2,23-3)11-15(13)17(21)10-14(12)16(19)4-5-18(19)24/h12-17,21H,4-11H2,1-3H3/t12-,13-,14-,15-,16+,17-,19+/m1/s1. The smallest absolute Gasteiger partial charge is 0.167 e. The van der Waals surface area contributed by atoms with Crippen LogP contribution in [0.25, 0.3) is 0 Å². The maximum atomic E-state index is 11.0. The number of fused-ring (bicyclic) bond motifs is 5. The van der Waals surface area contributed by atoms with E-state index in [4.69, 9.17) is 21.7 Å².